The number of carbonyl (C=O) groups is 2. The fourth-order valence-corrected chi connectivity index (χ4v) is 4.94. The summed E-state index contributed by atoms with van der Waals surface area (Å²) in [5.74, 6) is -0.708. The van der Waals surface area contributed by atoms with Crippen molar-refractivity contribution in [3.05, 3.63) is 78.3 Å². The van der Waals surface area contributed by atoms with Crippen molar-refractivity contribution >= 4 is 51.8 Å². The molecular formula is C22H17ClN4O4S. The van der Waals surface area contributed by atoms with Crippen LogP contribution in [0.5, 0.6) is 0 Å². The lowest BCUT2D eigenvalue weighted by molar-refractivity contribution is -0.110. The number of rotatable bonds is 3. The third-order valence-electron chi connectivity index (χ3n) is 5.25. The zero-order chi connectivity index (χ0) is 22.4. The number of hydrogen-bond acceptors (Lipinski definition) is 7. The van der Waals surface area contributed by atoms with Gasteiger partial charge in [-0.3, -0.25) is 14.2 Å². The third-order valence-corrected chi connectivity index (χ3v) is 6.60. The number of amides is 1. The van der Waals surface area contributed by atoms with Crippen molar-refractivity contribution in [3.8, 4) is 0 Å². The molecule has 3 heterocycles. The average molecular weight is 469 g/mol. The van der Waals surface area contributed by atoms with Gasteiger partial charge in [0.25, 0.3) is 11.5 Å². The van der Waals surface area contributed by atoms with Crippen molar-refractivity contribution in [2.24, 2.45) is 4.99 Å². The molecule has 8 nitrogen and oxygen atoms in total. The van der Waals surface area contributed by atoms with Crippen molar-refractivity contribution < 1.29 is 14.3 Å². The molecule has 3 aromatic rings. The summed E-state index contributed by atoms with van der Waals surface area (Å²) in [6.45, 7) is 2.70. The predicted molar refractivity (Wildman–Crippen MR) is 122 cm³/mol. The van der Waals surface area contributed by atoms with Crippen molar-refractivity contribution in [2.45, 2.75) is 13.6 Å². The molecule has 32 heavy (non-hydrogen) atoms. The Kier molecular flexibility index (Phi) is 5.07. The van der Waals surface area contributed by atoms with Gasteiger partial charge in [-0.25, -0.2) is 9.79 Å². The lowest BCUT2D eigenvalue weighted by Gasteiger charge is -2.25. The van der Waals surface area contributed by atoms with Crippen LogP contribution in [0.4, 0.5) is 11.4 Å². The number of hydrogen-bond donors (Lipinski definition) is 1. The summed E-state index contributed by atoms with van der Waals surface area (Å²) >= 11 is 7.31. The Hall–Kier alpha value is -3.43. The van der Waals surface area contributed by atoms with E-state index in [-0.39, 0.29) is 24.1 Å². The molecule has 162 valence electrons. The zero-order valence-corrected chi connectivity index (χ0v) is 18.5. The fourth-order valence-electron chi connectivity index (χ4n) is 3.71. The fraction of sp³-hybridized carbons (Fsp3) is 0.182. The first-order valence-electron chi connectivity index (χ1n) is 9.88. The van der Waals surface area contributed by atoms with Gasteiger partial charge in [-0.2, -0.15) is 0 Å². The maximum Gasteiger partial charge on any atom is 0.338 e. The minimum atomic E-state index is -0.379. The second kappa shape index (κ2) is 7.92. The third kappa shape index (κ3) is 3.39. The highest BCUT2D eigenvalue weighted by Gasteiger charge is 2.28. The number of ether oxygens (including phenoxy) is 1. The number of nitrogens with one attached hydrogen (secondary N) is 1. The molecule has 0 atom stereocenters. The number of benzene rings is 2. The second-order valence-electron chi connectivity index (χ2n) is 7.21. The minimum Gasteiger partial charge on any atom is -0.462 e. The molecule has 0 fully saturated rings. The SMILES string of the molecule is CCOC(=O)c1ccc(N2CN=c3s/c(=C4\C(=O)Nc5ccc(Cl)cc54)c(=O)n3C2)cc1. The molecule has 0 unspecified atom stereocenters. The lowest BCUT2D eigenvalue weighted by atomic mass is 10.1. The average Bonchev–Trinajstić information content (AvgIpc) is 3.29. The number of nitrogens with zero attached hydrogens (tertiary/aromatic N) is 3. The van der Waals surface area contributed by atoms with Gasteiger partial charge in [-0.1, -0.05) is 22.9 Å². The number of fused-ring (bicyclic) bond motifs is 2. The van der Waals surface area contributed by atoms with E-state index >= 15 is 0 Å². The Labute approximate surface area is 191 Å². The highest BCUT2D eigenvalue weighted by Crippen LogP contribution is 2.32. The molecule has 2 aliphatic rings. The molecule has 0 radical (unpaired) electrons. The van der Waals surface area contributed by atoms with E-state index < -0.39 is 0 Å². The van der Waals surface area contributed by atoms with E-state index in [1.165, 1.54) is 11.3 Å². The van der Waals surface area contributed by atoms with Gasteiger partial charge >= 0.3 is 5.97 Å². The summed E-state index contributed by atoms with van der Waals surface area (Å²) < 4.78 is 6.89. The van der Waals surface area contributed by atoms with Crippen LogP contribution in [0.3, 0.4) is 0 Å². The van der Waals surface area contributed by atoms with E-state index in [0.717, 1.165) is 5.69 Å². The number of aromatic nitrogens is 1. The Morgan fingerprint density at radius 2 is 2.00 bits per heavy atom. The van der Waals surface area contributed by atoms with E-state index in [9.17, 15) is 14.4 Å². The smallest absolute Gasteiger partial charge is 0.338 e. The minimum absolute atomic E-state index is 0.278. The standard InChI is InChI=1S/C22H17ClN4O4S/c1-2-31-21(30)12-3-6-14(7-4-12)26-10-24-22-27(11-26)20(29)18(32-22)17-15-9-13(23)5-8-16(15)25-19(17)28/h3-9H,2,10-11H2,1H3,(H,25,28)/b18-17-. The first-order valence-corrected chi connectivity index (χ1v) is 11.1. The van der Waals surface area contributed by atoms with Crippen LogP contribution < -0.4 is 25.1 Å². The van der Waals surface area contributed by atoms with Crippen LogP contribution in [0.15, 0.2) is 52.3 Å². The summed E-state index contributed by atoms with van der Waals surface area (Å²) in [5, 5.41) is 3.27. The molecule has 2 aliphatic heterocycles. The molecular weight excluding hydrogens is 452 g/mol. The number of esters is 1. The zero-order valence-electron chi connectivity index (χ0n) is 16.9. The topological polar surface area (TPSA) is 93.0 Å². The number of halogens is 1. The van der Waals surface area contributed by atoms with Gasteiger partial charge < -0.3 is 15.0 Å². The molecule has 0 saturated carbocycles. The molecule has 0 aliphatic carbocycles. The summed E-state index contributed by atoms with van der Waals surface area (Å²) in [7, 11) is 0. The summed E-state index contributed by atoms with van der Waals surface area (Å²) in [4.78, 5) is 44.7. The van der Waals surface area contributed by atoms with Gasteiger partial charge in [0.15, 0.2) is 4.80 Å². The number of anilines is 2. The van der Waals surface area contributed by atoms with Gasteiger partial charge in [0, 0.05) is 22.0 Å². The maximum atomic E-state index is 13.2. The molecule has 0 bridgehead atoms. The molecule has 10 heteroatoms. The van der Waals surface area contributed by atoms with Gasteiger partial charge in [-0.05, 0) is 49.4 Å². The van der Waals surface area contributed by atoms with Crippen LogP contribution >= 0.6 is 22.9 Å². The van der Waals surface area contributed by atoms with Gasteiger partial charge in [0.2, 0.25) is 0 Å². The highest BCUT2D eigenvalue weighted by atomic mass is 35.5. The van der Waals surface area contributed by atoms with Crippen LogP contribution in [0.25, 0.3) is 5.57 Å². The second-order valence-corrected chi connectivity index (χ2v) is 8.63. The first kappa shape index (κ1) is 20.5. The largest absolute Gasteiger partial charge is 0.462 e. The Morgan fingerprint density at radius 1 is 1.22 bits per heavy atom. The lowest BCUT2D eigenvalue weighted by Crippen LogP contribution is -2.43. The van der Waals surface area contributed by atoms with Gasteiger partial charge in [-0.15, -0.1) is 0 Å². The summed E-state index contributed by atoms with van der Waals surface area (Å²) in [5.41, 5.74) is 2.56. The maximum absolute atomic E-state index is 13.2. The van der Waals surface area contributed by atoms with Crippen LogP contribution in [0.1, 0.15) is 22.8 Å². The van der Waals surface area contributed by atoms with E-state index in [1.807, 2.05) is 4.90 Å². The van der Waals surface area contributed by atoms with Crippen LogP contribution in [-0.4, -0.2) is 29.7 Å². The normalized spacial score (nSPS) is 16.2. The Morgan fingerprint density at radius 3 is 2.75 bits per heavy atom. The number of carbonyl (C=O) groups excluding carboxylic acids is 2. The monoisotopic (exact) mass is 468 g/mol. The van der Waals surface area contributed by atoms with Crippen molar-refractivity contribution in [3.63, 3.8) is 0 Å². The van der Waals surface area contributed by atoms with E-state index in [2.05, 4.69) is 10.3 Å². The predicted octanol–water partition coefficient (Wildman–Crippen LogP) is 1.95. The van der Waals surface area contributed by atoms with E-state index in [4.69, 9.17) is 16.3 Å². The molecule has 1 amide bonds. The van der Waals surface area contributed by atoms with E-state index in [1.54, 1.807) is 54.0 Å². The van der Waals surface area contributed by atoms with Crippen molar-refractivity contribution in [2.75, 3.05) is 23.5 Å². The van der Waals surface area contributed by atoms with E-state index in [0.29, 0.717) is 50.0 Å². The quantitative estimate of drug-likeness (QED) is 0.593. The van der Waals surface area contributed by atoms with Crippen molar-refractivity contribution in [1.29, 1.82) is 0 Å². The molecule has 0 spiro atoms. The highest BCUT2D eigenvalue weighted by molar-refractivity contribution is 7.07. The molecule has 5 rings (SSSR count). The Balaban J connectivity index is 1.51. The summed E-state index contributed by atoms with van der Waals surface area (Å²) in [6.07, 6.45) is 0. The van der Waals surface area contributed by atoms with Crippen LogP contribution in [-0.2, 0) is 16.2 Å². The number of thiazole rings is 1. The van der Waals surface area contributed by atoms with Crippen LogP contribution in [0, 0.1) is 0 Å². The molecule has 1 aromatic heterocycles. The van der Waals surface area contributed by atoms with Gasteiger partial charge in [0.05, 0.1) is 17.7 Å². The first-order chi connectivity index (χ1) is 15.5. The summed E-state index contributed by atoms with van der Waals surface area (Å²) in [6, 6.07) is 12.1. The molecule has 0 saturated heterocycles. The van der Waals surface area contributed by atoms with Crippen molar-refractivity contribution in [1.82, 2.24) is 4.57 Å². The van der Waals surface area contributed by atoms with Crippen LogP contribution in [0.2, 0.25) is 5.02 Å². The molecule has 2 aromatic carbocycles. The molecule has 1 N–H and O–H groups in total. The van der Waals surface area contributed by atoms with Gasteiger partial charge in [0.1, 0.15) is 17.9 Å². The Bertz CT molecular complexity index is 1440.